The Morgan fingerprint density at radius 2 is 2.16 bits per heavy atom. The van der Waals surface area contributed by atoms with E-state index in [0.29, 0.717) is 30.8 Å². The van der Waals surface area contributed by atoms with Crippen molar-refractivity contribution in [3.05, 3.63) is 64.7 Å². The summed E-state index contributed by atoms with van der Waals surface area (Å²) in [6.07, 6.45) is 0.527. The molecule has 0 radical (unpaired) electrons. The second kappa shape index (κ2) is 9.10. The molecule has 4 N–H and O–H groups in total. The van der Waals surface area contributed by atoms with Crippen molar-refractivity contribution in [2.45, 2.75) is 30.7 Å². The molecule has 2 aliphatic heterocycles. The lowest BCUT2D eigenvalue weighted by Crippen LogP contribution is -2.39. The number of nitriles is 1. The lowest BCUT2D eigenvalue weighted by atomic mass is 10.0. The Hall–Kier alpha value is -2.61. The second-order valence-electron chi connectivity index (χ2n) is 8.54. The Bertz CT molecular complexity index is 1050. The van der Waals surface area contributed by atoms with E-state index in [0.717, 1.165) is 23.2 Å². The van der Waals surface area contributed by atoms with Crippen molar-refractivity contribution in [3.8, 4) is 6.07 Å². The number of aliphatic hydroxyl groups excluding tert-OH is 1. The summed E-state index contributed by atoms with van der Waals surface area (Å²) in [5, 5.41) is 19.2. The first-order valence-electron chi connectivity index (χ1n) is 10.6. The first kappa shape index (κ1) is 22.6. The van der Waals surface area contributed by atoms with Gasteiger partial charge in [0.1, 0.15) is 0 Å². The highest BCUT2D eigenvalue weighted by Gasteiger charge is 2.29. The Labute approximate surface area is 189 Å². The number of likely N-dealkylation sites (N-methyl/N-ethyl adjacent to an activating group) is 1. The van der Waals surface area contributed by atoms with Gasteiger partial charge in [-0.15, -0.1) is 10.8 Å². The number of benzene rings is 2. The van der Waals surface area contributed by atoms with Gasteiger partial charge in [-0.25, -0.2) is 0 Å². The molecule has 1 amide bonds. The third kappa shape index (κ3) is 5.06. The van der Waals surface area contributed by atoms with Crippen LogP contribution < -0.4 is 4.72 Å². The van der Waals surface area contributed by atoms with Crippen LogP contribution in [0.3, 0.4) is 0 Å². The van der Waals surface area contributed by atoms with Crippen LogP contribution in [-0.2, 0) is 17.0 Å². The van der Waals surface area contributed by atoms with Crippen molar-refractivity contribution in [2.75, 3.05) is 31.4 Å². The third-order valence-corrected chi connectivity index (χ3v) is 7.36. The smallest absolute Gasteiger partial charge is 0.227 e. The number of likely N-dealkylation sites (tertiary alicyclic amines) is 1. The van der Waals surface area contributed by atoms with E-state index >= 15 is 0 Å². The van der Waals surface area contributed by atoms with Crippen LogP contribution >= 0.6 is 10.8 Å². The van der Waals surface area contributed by atoms with E-state index < -0.39 is 10.8 Å². The first-order chi connectivity index (χ1) is 15.2. The van der Waals surface area contributed by atoms with Crippen molar-refractivity contribution < 1.29 is 19.0 Å². The van der Waals surface area contributed by atoms with Gasteiger partial charge in [0, 0.05) is 26.7 Å². The van der Waals surface area contributed by atoms with Gasteiger partial charge in [0.05, 0.1) is 41.6 Å². The molecule has 2 aliphatic rings. The van der Waals surface area contributed by atoms with Gasteiger partial charge in [-0.1, -0.05) is 24.3 Å². The summed E-state index contributed by atoms with van der Waals surface area (Å²) in [4.78, 5) is 17.1. The molecule has 4 rings (SSSR count). The van der Waals surface area contributed by atoms with Gasteiger partial charge in [-0.05, 0) is 41.3 Å². The zero-order valence-corrected chi connectivity index (χ0v) is 18.8. The third-order valence-electron chi connectivity index (χ3n) is 6.10. The highest BCUT2D eigenvalue weighted by Crippen LogP contribution is 2.50. The zero-order chi connectivity index (χ0) is 22.9. The number of hydrogen-bond donors (Lipinski definition) is 4. The molecule has 0 saturated carbocycles. The molecule has 170 valence electrons. The van der Waals surface area contributed by atoms with Crippen molar-refractivity contribution >= 4 is 22.4 Å². The molecule has 0 spiro atoms. The van der Waals surface area contributed by atoms with Gasteiger partial charge in [-0.3, -0.25) is 23.5 Å². The van der Waals surface area contributed by atoms with Crippen LogP contribution in [0.2, 0.25) is 0 Å². The summed E-state index contributed by atoms with van der Waals surface area (Å²) in [5.41, 5.74) is 3.69. The summed E-state index contributed by atoms with van der Waals surface area (Å²) in [6.45, 7) is 1.90. The van der Waals surface area contributed by atoms with Gasteiger partial charge in [0.2, 0.25) is 5.91 Å². The molecule has 32 heavy (non-hydrogen) atoms. The molecule has 0 aliphatic carbocycles. The SMILES string of the molecule is CN(C(=O)Cc1ccc2c(c1)NS(O)(O)C2)[C@H](CN1CCC(O)C1)c1cccc(C#N)c1. The number of carbonyl (C=O) groups excluding carboxylic acids is 1. The highest BCUT2D eigenvalue weighted by molar-refractivity contribution is 8.25. The maximum atomic E-state index is 13.2. The molecule has 0 bridgehead atoms. The van der Waals surface area contributed by atoms with E-state index in [1.54, 1.807) is 24.1 Å². The molecule has 2 atom stereocenters. The van der Waals surface area contributed by atoms with Crippen LogP contribution in [0.1, 0.15) is 34.7 Å². The summed E-state index contributed by atoms with van der Waals surface area (Å²) in [7, 11) is -1.07. The summed E-state index contributed by atoms with van der Waals surface area (Å²) in [5.74, 6) is 0.0943. The molecule has 2 aromatic carbocycles. The molecular formula is C23H28N4O4S. The number of nitrogens with zero attached hydrogens (tertiary/aromatic N) is 3. The minimum absolute atomic E-state index is 0.0818. The fraction of sp³-hybridized carbons (Fsp3) is 0.391. The lowest BCUT2D eigenvalue weighted by Gasteiger charge is -2.32. The van der Waals surface area contributed by atoms with Crippen molar-refractivity contribution in [2.24, 2.45) is 0 Å². The first-order valence-corrected chi connectivity index (χ1v) is 12.3. The molecule has 8 nitrogen and oxygen atoms in total. The van der Waals surface area contributed by atoms with Gasteiger partial charge >= 0.3 is 0 Å². The minimum atomic E-state index is -2.84. The van der Waals surface area contributed by atoms with Crippen LogP contribution in [0.5, 0.6) is 0 Å². The summed E-state index contributed by atoms with van der Waals surface area (Å²) < 4.78 is 22.5. The van der Waals surface area contributed by atoms with E-state index in [9.17, 15) is 24.3 Å². The Kier molecular flexibility index (Phi) is 6.42. The Balaban J connectivity index is 1.53. The number of rotatable bonds is 6. The maximum absolute atomic E-state index is 13.2. The summed E-state index contributed by atoms with van der Waals surface area (Å²) in [6, 6.07) is 14.7. The standard InChI is InChI=1S/C23H28N4O4S/c1-26(23(29)11-16-5-6-19-15-32(30,31)25-21(19)10-16)22(14-27-8-7-20(28)13-27)18-4-2-3-17(9-18)12-24/h2-6,9-10,20,22,25,28,30-31H,7-8,11,13-15H2,1H3/t20?,22-/m1/s1. The number of anilines is 1. The van der Waals surface area contributed by atoms with Gasteiger partial charge < -0.3 is 10.0 Å². The second-order valence-corrected chi connectivity index (χ2v) is 10.4. The van der Waals surface area contributed by atoms with E-state index in [1.807, 2.05) is 30.3 Å². The maximum Gasteiger partial charge on any atom is 0.227 e. The molecule has 0 aromatic heterocycles. The average Bonchev–Trinajstić information content (AvgIpc) is 3.31. The average molecular weight is 457 g/mol. The van der Waals surface area contributed by atoms with Crippen LogP contribution in [-0.4, -0.2) is 62.7 Å². The predicted molar refractivity (Wildman–Crippen MR) is 124 cm³/mol. The van der Waals surface area contributed by atoms with Crippen molar-refractivity contribution in [1.29, 1.82) is 5.26 Å². The number of hydrogen-bond acceptors (Lipinski definition) is 7. The van der Waals surface area contributed by atoms with Gasteiger partial charge in [0.25, 0.3) is 0 Å². The van der Waals surface area contributed by atoms with Crippen LogP contribution in [0.25, 0.3) is 0 Å². The van der Waals surface area contributed by atoms with E-state index in [-0.39, 0.29) is 30.2 Å². The zero-order valence-electron chi connectivity index (χ0n) is 17.9. The largest absolute Gasteiger partial charge is 0.392 e. The number of nitrogens with one attached hydrogen (secondary N) is 1. The fourth-order valence-corrected chi connectivity index (χ4v) is 5.65. The molecule has 2 heterocycles. The fourth-order valence-electron chi connectivity index (χ4n) is 4.35. The van der Waals surface area contributed by atoms with Crippen LogP contribution in [0.15, 0.2) is 42.5 Å². The molecule has 1 fully saturated rings. The van der Waals surface area contributed by atoms with Crippen LogP contribution in [0.4, 0.5) is 5.69 Å². The monoisotopic (exact) mass is 456 g/mol. The summed E-state index contributed by atoms with van der Waals surface area (Å²) >= 11 is 0. The van der Waals surface area contributed by atoms with Crippen LogP contribution in [0, 0.1) is 11.3 Å². The van der Waals surface area contributed by atoms with E-state index in [2.05, 4.69) is 15.7 Å². The topological polar surface area (TPSA) is 120 Å². The van der Waals surface area contributed by atoms with Gasteiger partial charge in [0.15, 0.2) is 0 Å². The minimum Gasteiger partial charge on any atom is -0.392 e. The van der Waals surface area contributed by atoms with E-state index in [4.69, 9.17) is 0 Å². The Morgan fingerprint density at radius 3 is 2.88 bits per heavy atom. The van der Waals surface area contributed by atoms with Gasteiger partial charge in [-0.2, -0.15) is 5.26 Å². The number of β-amino-alcohol motifs (C(OH)–C–C–N with tert-alkyl or cyclic N) is 1. The number of amides is 1. The number of carbonyl (C=O) groups is 1. The molecule has 1 saturated heterocycles. The lowest BCUT2D eigenvalue weighted by molar-refractivity contribution is -0.131. The Morgan fingerprint density at radius 1 is 1.34 bits per heavy atom. The molecule has 2 aromatic rings. The normalized spacial score (nSPS) is 21.3. The van der Waals surface area contributed by atoms with Crippen molar-refractivity contribution in [1.82, 2.24) is 9.80 Å². The predicted octanol–water partition coefficient (Wildman–Crippen LogP) is 2.96. The number of fused-ring (bicyclic) bond motifs is 1. The molecule has 1 unspecified atom stereocenters. The number of aliphatic hydroxyl groups is 1. The molecule has 9 heteroatoms. The quantitative estimate of drug-likeness (QED) is 0.527. The molecular weight excluding hydrogens is 428 g/mol. The highest BCUT2D eigenvalue weighted by atomic mass is 32.3. The van der Waals surface area contributed by atoms with E-state index in [1.165, 1.54) is 0 Å². The van der Waals surface area contributed by atoms with Crippen molar-refractivity contribution in [3.63, 3.8) is 0 Å².